The van der Waals surface area contributed by atoms with E-state index in [1.165, 1.54) is 32.1 Å². The van der Waals surface area contributed by atoms with Crippen molar-refractivity contribution >= 4 is 13.8 Å². The molecule has 0 aliphatic heterocycles. The molecule has 1 fully saturated rings. The molecule has 98 valence electrons. The minimum Gasteiger partial charge on any atom is -0.461 e. The molecule has 0 aromatic carbocycles. The molecule has 0 spiro atoms. The average molecular weight is 240 g/mol. The van der Waals surface area contributed by atoms with Gasteiger partial charge in [-0.1, -0.05) is 51.9 Å². The van der Waals surface area contributed by atoms with Gasteiger partial charge in [0.15, 0.2) is 0 Å². The van der Waals surface area contributed by atoms with Crippen LogP contribution in [0.3, 0.4) is 0 Å². The Morgan fingerprint density at radius 3 is 2.29 bits per heavy atom. The zero-order valence-electron chi connectivity index (χ0n) is 11.2. The summed E-state index contributed by atoms with van der Waals surface area (Å²) in [5.41, 5.74) is 0. The number of rotatable bonds is 4. The molecule has 1 rings (SSSR count). The molecule has 0 radical (unpaired) electrons. The predicted octanol–water partition coefficient (Wildman–Crippen LogP) is 1.84. The molecule has 1 N–H and O–H groups in total. The van der Waals surface area contributed by atoms with Crippen LogP contribution in [0.25, 0.3) is 0 Å². The van der Waals surface area contributed by atoms with Crippen LogP contribution in [-0.4, -0.2) is 31.6 Å². The number of hydrogen-bond acceptors (Lipinski definition) is 3. The first-order valence-corrected chi connectivity index (χ1v) is 6.92. The van der Waals surface area contributed by atoms with Gasteiger partial charge in [-0.25, -0.2) is 4.79 Å². The van der Waals surface area contributed by atoms with Crippen LogP contribution in [0.1, 0.15) is 58.3 Å². The molecule has 1 aliphatic rings. The monoisotopic (exact) mass is 240 g/mol. The first-order chi connectivity index (χ1) is 8.12. The summed E-state index contributed by atoms with van der Waals surface area (Å²) < 4.78 is 5.40. The van der Waals surface area contributed by atoms with E-state index >= 15 is 0 Å². The van der Waals surface area contributed by atoms with Gasteiger partial charge in [-0.05, 0) is 11.7 Å². The summed E-state index contributed by atoms with van der Waals surface area (Å²) in [5, 5.41) is 8.88. The molecule has 0 heterocycles. The van der Waals surface area contributed by atoms with E-state index in [9.17, 15) is 4.79 Å². The largest absolute Gasteiger partial charge is 0.461 e. The quantitative estimate of drug-likeness (QED) is 0.602. The summed E-state index contributed by atoms with van der Waals surface area (Å²) in [6.45, 7) is 1.55. The van der Waals surface area contributed by atoms with Crippen molar-refractivity contribution in [3.05, 3.63) is 0 Å². The van der Waals surface area contributed by atoms with E-state index < -0.39 is 12.6 Å². The molecular weight excluding hydrogens is 215 g/mol. The standard InChI is InChI=1S/C13H25BO3/c1-2-11(17-12(16)10-15)13(14)8-6-4-3-5-7-9-13/h11,15H,2-10,14H2,1H3. The Kier molecular flexibility index (Phi) is 6.03. The first kappa shape index (κ1) is 14.6. The molecule has 17 heavy (non-hydrogen) atoms. The maximum absolute atomic E-state index is 11.2. The van der Waals surface area contributed by atoms with Crippen molar-refractivity contribution in [1.29, 1.82) is 0 Å². The lowest BCUT2D eigenvalue weighted by molar-refractivity contribution is -0.155. The van der Waals surface area contributed by atoms with E-state index in [2.05, 4.69) is 14.8 Å². The Bertz CT molecular complexity index is 235. The highest BCUT2D eigenvalue weighted by atomic mass is 16.6. The number of hydrogen-bond donors (Lipinski definition) is 1. The van der Waals surface area contributed by atoms with Crippen molar-refractivity contribution in [3.63, 3.8) is 0 Å². The number of esters is 1. The molecule has 3 nitrogen and oxygen atoms in total. The number of carbonyl (C=O) groups is 1. The molecule has 1 atom stereocenters. The minimum atomic E-state index is -0.507. The van der Waals surface area contributed by atoms with Crippen molar-refractivity contribution in [3.8, 4) is 0 Å². The fourth-order valence-electron chi connectivity index (χ4n) is 2.95. The highest BCUT2D eigenvalue weighted by molar-refractivity contribution is 6.15. The van der Waals surface area contributed by atoms with E-state index in [1.54, 1.807) is 0 Å². The van der Waals surface area contributed by atoms with Gasteiger partial charge >= 0.3 is 5.97 Å². The van der Waals surface area contributed by atoms with Gasteiger partial charge < -0.3 is 9.84 Å². The van der Waals surface area contributed by atoms with Gasteiger partial charge in [0, 0.05) is 0 Å². The first-order valence-electron chi connectivity index (χ1n) is 6.92. The predicted molar refractivity (Wildman–Crippen MR) is 70.8 cm³/mol. The lowest BCUT2D eigenvalue weighted by Crippen LogP contribution is -2.34. The summed E-state index contributed by atoms with van der Waals surface area (Å²) in [7, 11) is 2.23. The molecule has 0 bridgehead atoms. The van der Waals surface area contributed by atoms with Crippen LogP contribution in [-0.2, 0) is 9.53 Å². The summed E-state index contributed by atoms with van der Waals surface area (Å²) in [5.74, 6) is -0.486. The van der Waals surface area contributed by atoms with Crippen LogP contribution in [0.15, 0.2) is 0 Å². The maximum Gasteiger partial charge on any atom is 0.332 e. The third-order valence-electron chi connectivity index (χ3n) is 4.05. The molecule has 0 amide bonds. The van der Waals surface area contributed by atoms with Gasteiger partial charge in [0.25, 0.3) is 0 Å². The van der Waals surface area contributed by atoms with Crippen LogP contribution in [0.2, 0.25) is 5.31 Å². The highest BCUT2D eigenvalue weighted by Crippen LogP contribution is 2.43. The maximum atomic E-state index is 11.2. The van der Waals surface area contributed by atoms with E-state index in [1.807, 2.05) is 0 Å². The zero-order valence-corrected chi connectivity index (χ0v) is 11.2. The third kappa shape index (κ3) is 4.34. The molecule has 1 saturated carbocycles. The SMILES string of the molecule is BC1(C(CC)OC(=O)CO)CCCCCCC1. The number of aliphatic hydroxyl groups is 1. The molecule has 0 aromatic rings. The van der Waals surface area contributed by atoms with Gasteiger partial charge in [0.2, 0.25) is 0 Å². The summed E-state index contributed by atoms with van der Waals surface area (Å²) in [6.07, 6.45) is 9.42. The Balaban J connectivity index is 2.64. The number of aliphatic hydroxyl groups excluding tert-OH is 1. The van der Waals surface area contributed by atoms with Gasteiger partial charge in [0.05, 0.1) is 0 Å². The second kappa shape index (κ2) is 7.05. The van der Waals surface area contributed by atoms with Gasteiger partial charge in [0.1, 0.15) is 20.6 Å². The Labute approximate surface area is 105 Å². The van der Waals surface area contributed by atoms with Gasteiger partial charge in [-0.15, -0.1) is 0 Å². The molecule has 1 unspecified atom stereocenters. The van der Waals surface area contributed by atoms with Crippen LogP contribution >= 0.6 is 0 Å². The van der Waals surface area contributed by atoms with E-state index in [-0.39, 0.29) is 11.4 Å². The third-order valence-corrected chi connectivity index (χ3v) is 4.05. The zero-order chi connectivity index (χ0) is 12.7. The lowest BCUT2D eigenvalue weighted by Gasteiger charge is -2.38. The second-order valence-electron chi connectivity index (χ2n) is 5.47. The van der Waals surface area contributed by atoms with Crippen molar-refractivity contribution in [1.82, 2.24) is 0 Å². The summed E-state index contributed by atoms with van der Waals surface area (Å²) >= 11 is 0. The second-order valence-corrected chi connectivity index (χ2v) is 5.47. The number of carbonyl (C=O) groups excluding carboxylic acids is 1. The fourth-order valence-corrected chi connectivity index (χ4v) is 2.95. The Morgan fingerprint density at radius 1 is 1.29 bits per heavy atom. The molecule has 0 aromatic heterocycles. The Hall–Kier alpha value is -0.505. The molecule has 1 aliphatic carbocycles. The minimum absolute atomic E-state index is 0.0414. The molecule has 4 heteroatoms. The van der Waals surface area contributed by atoms with Gasteiger partial charge in [-0.3, -0.25) is 0 Å². The topological polar surface area (TPSA) is 46.5 Å². The van der Waals surface area contributed by atoms with Crippen LogP contribution in [0.4, 0.5) is 0 Å². The lowest BCUT2D eigenvalue weighted by atomic mass is 9.58. The Morgan fingerprint density at radius 2 is 1.82 bits per heavy atom. The van der Waals surface area contributed by atoms with Crippen LogP contribution < -0.4 is 0 Å². The average Bonchev–Trinajstić information content (AvgIpc) is 2.30. The normalized spacial score (nSPS) is 22.2. The number of ether oxygens (including phenoxy) is 1. The van der Waals surface area contributed by atoms with Crippen molar-refractivity contribution in [2.45, 2.75) is 69.7 Å². The van der Waals surface area contributed by atoms with E-state index in [4.69, 9.17) is 9.84 Å². The van der Waals surface area contributed by atoms with Gasteiger partial charge in [-0.2, -0.15) is 0 Å². The highest BCUT2D eigenvalue weighted by Gasteiger charge is 2.35. The summed E-state index contributed by atoms with van der Waals surface area (Å²) in [4.78, 5) is 11.2. The van der Waals surface area contributed by atoms with Crippen LogP contribution in [0.5, 0.6) is 0 Å². The van der Waals surface area contributed by atoms with Crippen molar-refractivity contribution < 1.29 is 14.6 Å². The molecule has 0 saturated heterocycles. The van der Waals surface area contributed by atoms with Crippen molar-refractivity contribution in [2.75, 3.05) is 6.61 Å². The van der Waals surface area contributed by atoms with E-state index in [0.717, 1.165) is 19.3 Å². The van der Waals surface area contributed by atoms with E-state index in [0.29, 0.717) is 0 Å². The fraction of sp³-hybridized carbons (Fsp3) is 0.923. The van der Waals surface area contributed by atoms with Crippen molar-refractivity contribution in [2.24, 2.45) is 0 Å². The summed E-state index contributed by atoms with van der Waals surface area (Å²) in [6, 6.07) is 0. The molecular formula is C13H25BO3. The van der Waals surface area contributed by atoms with Crippen LogP contribution in [0, 0.1) is 0 Å². The smallest absolute Gasteiger partial charge is 0.332 e.